The molecule has 2 rings (SSSR count). The molecule has 4 nitrogen and oxygen atoms in total. The first kappa shape index (κ1) is 7.50. The molecular formula is C9H6N4. The van der Waals surface area contributed by atoms with Crippen LogP contribution in [0.15, 0.2) is 30.7 Å². The summed E-state index contributed by atoms with van der Waals surface area (Å²) in [6, 6.07) is 5.75. The van der Waals surface area contributed by atoms with E-state index >= 15 is 0 Å². The largest absolute Gasteiger partial charge is 0.276 e. The summed E-state index contributed by atoms with van der Waals surface area (Å²) < 4.78 is 0. The topological polar surface area (TPSA) is 65.4 Å². The van der Waals surface area contributed by atoms with Gasteiger partial charge in [-0.3, -0.25) is 10.1 Å². The van der Waals surface area contributed by atoms with E-state index in [4.69, 9.17) is 5.26 Å². The molecule has 2 aromatic rings. The lowest BCUT2D eigenvalue weighted by Crippen LogP contribution is -1.82. The Labute approximate surface area is 74.9 Å². The second-order valence-electron chi connectivity index (χ2n) is 2.51. The summed E-state index contributed by atoms with van der Waals surface area (Å²) >= 11 is 0. The third kappa shape index (κ3) is 1.27. The number of aromatic nitrogens is 3. The summed E-state index contributed by atoms with van der Waals surface area (Å²) in [5, 5.41) is 15.3. The molecule has 0 fully saturated rings. The first-order chi connectivity index (χ1) is 6.42. The molecule has 62 valence electrons. The van der Waals surface area contributed by atoms with Crippen LogP contribution in [0.1, 0.15) is 5.56 Å². The van der Waals surface area contributed by atoms with Crippen LogP contribution in [-0.4, -0.2) is 15.2 Å². The molecule has 0 unspecified atom stereocenters. The lowest BCUT2D eigenvalue weighted by atomic mass is 10.1. The Morgan fingerprint density at radius 1 is 1.38 bits per heavy atom. The van der Waals surface area contributed by atoms with Crippen LogP contribution in [0.25, 0.3) is 11.3 Å². The van der Waals surface area contributed by atoms with Gasteiger partial charge in [0.2, 0.25) is 0 Å². The number of hydrogen-bond acceptors (Lipinski definition) is 3. The normalized spacial score (nSPS) is 9.46. The molecule has 0 aliphatic heterocycles. The van der Waals surface area contributed by atoms with Crippen molar-refractivity contribution in [2.75, 3.05) is 0 Å². The van der Waals surface area contributed by atoms with E-state index in [2.05, 4.69) is 21.3 Å². The third-order valence-electron chi connectivity index (χ3n) is 1.71. The van der Waals surface area contributed by atoms with Gasteiger partial charge in [0.1, 0.15) is 6.07 Å². The zero-order valence-electron chi connectivity index (χ0n) is 6.73. The van der Waals surface area contributed by atoms with Crippen LogP contribution in [0, 0.1) is 11.3 Å². The van der Waals surface area contributed by atoms with Crippen molar-refractivity contribution in [2.45, 2.75) is 0 Å². The Morgan fingerprint density at radius 3 is 3.00 bits per heavy atom. The first-order valence-electron chi connectivity index (χ1n) is 3.75. The maximum absolute atomic E-state index is 8.74. The number of nitrogens with zero attached hydrogens (tertiary/aromatic N) is 3. The molecule has 0 aliphatic rings. The summed E-state index contributed by atoms with van der Waals surface area (Å²) in [5.41, 5.74) is 2.13. The third-order valence-corrected chi connectivity index (χ3v) is 1.71. The Kier molecular flexibility index (Phi) is 1.77. The van der Waals surface area contributed by atoms with Gasteiger partial charge in [-0.15, -0.1) is 0 Å². The van der Waals surface area contributed by atoms with E-state index in [9.17, 15) is 0 Å². The lowest BCUT2D eigenvalue weighted by Gasteiger charge is -1.94. The second-order valence-corrected chi connectivity index (χ2v) is 2.51. The number of rotatable bonds is 1. The average molecular weight is 170 g/mol. The number of nitriles is 1. The summed E-state index contributed by atoms with van der Waals surface area (Å²) in [6.45, 7) is 0. The van der Waals surface area contributed by atoms with Crippen LogP contribution in [0.3, 0.4) is 0 Å². The number of aromatic amines is 1. The van der Waals surface area contributed by atoms with Gasteiger partial charge < -0.3 is 0 Å². The Bertz CT molecular complexity index is 438. The maximum atomic E-state index is 8.74. The molecule has 0 atom stereocenters. The lowest BCUT2D eigenvalue weighted by molar-refractivity contribution is 1.09. The Morgan fingerprint density at radius 2 is 2.31 bits per heavy atom. The SMILES string of the molecule is N#Cc1cn[nH]c1-c1cccnc1. The van der Waals surface area contributed by atoms with Crippen molar-refractivity contribution in [1.82, 2.24) is 15.2 Å². The molecule has 0 radical (unpaired) electrons. The molecule has 1 N–H and O–H groups in total. The van der Waals surface area contributed by atoms with Crippen molar-refractivity contribution in [3.8, 4) is 17.3 Å². The minimum absolute atomic E-state index is 0.535. The van der Waals surface area contributed by atoms with Crippen LogP contribution >= 0.6 is 0 Å². The number of nitrogens with one attached hydrogen (secondary N) is 1. The van der Waals surface area contributed by atoms with Gasteiger partial charge >= 0.3 is 0 Å². The number of H-pyrrole nitrogens is 1. The van der Waals surface area contributed by atoms with Crippen molar-refractivity contribution < 1.29 is 0 Å². The fourth-order valence-electron chi connectivity index (χ4n) is 1.10. The van der Waals surface area contributed by atoms with E-state index in [1.54, 1.807) is 12.4 Å². The quantitative estimate of drug-likeness (QED) is 0.702. The van der Waals surface area contributed by atoms with E-state index in [1.165, 1.54) is 6.20 Å². The van der Waals surface area contributed by atoms with Gasteiger partial charge in [-0.2, -0.15) is 10.4 Å². The highest BCUT2D eigenvalue weighted by atomic mass is 15.1. The molecule has 0 amide bonds. The van der Waals surface area contributed by atoms with Gasteiger partial charge in [0.25, 0.3) is 0 Å². The van der Waals surface area contributed by atoms with Crippen molar-refractivity contribution >= 4 is 0 Å². The fraction of sp³-hybridized carbons (Fsp3) is 0. The second kappa shape index (κ2) is 3.07. The van der Waals surface area contributed by atoms with E-state index < -0.39 is 0 Å². The molecule has 0 aliphatic carbocycles. The van der Waals surface area contributed by atoms with Crippen LogP contribution in [-0.2, 0) is 0 Å². The standard InChI is InChI=1S/C9H6N4/c10-4-8-6-12-13-9(8)7-2-1-3-11-5-7/h1-3,5-6H,(H,12,13). The molecule has 13 heavy (non-hydrogen) atoms. The number of hydrogen-bond donors (Lipinski definition) is 1. The fourth-order valence-corrected chi connectivity index (χ4v) is 1.10. The van der Waals surface area contributed by atoms with E-state index in [1.807, 2.05) is 12.1 Å². The molecule has 0 bridgehead atoms. The minimum Gasteiger partial charge on any atom is -0.276 e. The van der Waals surface area contributed by atoms with Crippen LogP contribution in [0.4, 0.5) is 0 Å². The molecule has 2 aromatic heterocycles. The van der Waals surface area contributed by atoms with Gasteiger partial charge in [0, 0.05) is 18.0 Å². The first-order valence-corrected chi connectivity index (χ1v) is 3.75. The van der Waals surface area contributed by atoms with Crippen LogP contribution < -0.4 is 0 Å². The minimum atomic E-state index is 0.535. The molecule has 0 saturated carbocycles. The zero-order valence-corrected chi connectivity index (χ0v) is 6.73. The molecule has 2 heterocycles. The molecular weight excluding hydrogens is 164 g/mol. The van der Waals surface area contributed by atoms with Crippen LogP contribution in [0.5, 0.6) is 0 Å². The molecule has 0 saturated heterocycles. The molecule has 0 aromatic carbocycles. The predicted octanol–water partition coefficient (Wildman–Crippen LogP) is 1.34. The Balaban J connectivity index is 2.54. The van der Waals surface area contributed by atoms with Gasteiger partial charge in [-0.05, 0) is 12.1 Å². The highest BCUT2D eigenvalue weighted by Gasteiger charge is 2.05. The summed E-state index contributed by atoms with van der Waals surface area (Å²) in [7, 11) is 0. The van der Waals surface area contributed by atoms with Gasteiger partial charge in [-0.25, -0.2) is 0 Å². The summed E-state index contributed by atoms with van der Waals surface area (Å²) in [5.74, 6) is 0. The van der Waals surface area contributed by atoms with E-state index in [0.717, 1.165) is 11.3 Å². The van der Waals surface area contributed by atoms with E-state index in [0.29, 0.717) is 5.56 Å². The monoisotopic (exact) mass is 170 g/mol. The highest BCUT2D eigenvalue weighted by molar-refractivity contribution is 5.64. The van der Waals surface area contributed by atoms with Crippen LogP contribution in [0.2, 0.25) is 0 Å². The number of pyridine rings is 1. The zero-order chi connectivity index (χ0) is 9.10. The maximum Gasteiger partial charge on any atom is 0.103 e. The van der Waals surface area contributed by atoms with Gasteiger partial charge in [-0.1, -0.05) is 0 Å². The molecule has 4 heteroatoms. The van der Waals surface area contributed by atoms with Crippen molar-refractivity contribution in [1.29, 1.82) is 5.26 Å². The predicted molar refractivity (Wildman–Crippen MR) is 46.5 cm³/mol. The summed E-state index contributed by atoms with van der Waals surface area (Å²) in [4.78, 5) is 3.96. The molecule has 0 spiro atoms. The smallest absolute Gasteiger partial charge is 0.103 e. The van der Waals surface area contributed by atoms with Crippen molar-refractivity contribution in [2.24, 2.45) is 0 Å². The van der Waals surface area contributed by atoms with Crippen molar-refractivity contribution in [3.63, 3.8) is 0 Å². The highest BCUT2D eigenvalue weighted by Crippen LogP contribution is 2.18. The average Bonchev–Trinajstić information content (AvgIpc) is 2.67. The van der Waals surface area contributed by atoms with E-state index in [-0.39, 0.29) is 0 Å². The van der Waals surface area contributed by atoms with Crippen molar-refractivity contribution in [3.05, 3.63) is 36.3 Å². The van der Waals surface area contributed by atoms with Gasteiger partial charge in [0.05, 0.1) is 17.5 Å². The van der Waals surface area contributed by atoms with Gasteiger partial charge in [0.15, 0.2) is 0 Å². The summed E-state index contributed by atoms with van der Waals surface area (Å²) in [6.07, 6.45) is 4.88. The Hall–Kier alpha value is -2.15.